The minimum atomic E-state index is -0.400. The first-order valence-electron chi connectivity index (χ1n) is 7.80. The van der Waals surface area contributed by atoms with E-state index in [2.05, 4.69) is 5.32 Å². The Morgan fingerprint density at radius 1 is 0.852 bits per heavy atom. The summed E-state index contributed by atoms with van der Waals surface area (Å²) in [6, 6.07) is 9.86. The van der Waals surface area contributed by atoms with Gasteiger partial charge in [-0.2, -0.15) is 0 Å². The average molecular weight is 396 g/mol. The molecule has 0 atom stereocenters. The second-order valence-corrected chi connectivity index (χ2v) is 5.22. The normalized spacial score (nSPS) is 9.63. The summed E-state index contributed by atoms with van der Waals surface area (Å²) in [5, 5.41) is 2.59. The van der Waals surface area contributed by atoms with Crippen LogP contribution in [0.2, 0.25) is 0 Å². The lowest BCUT2D eigenvalue weighted by Crippen LogP contribution is -2.29. The van der Waals surface area contributed by atoms with Crippen LogP contribution in [0.1, 0.15) is 20.7 Å². The second kappa shape index (κ2) is 10.3. The van der Waals surface area contributed by atoms with Gasteiger partial charge in [-0.1, -0.05) is 12.1 Å². The summed E-state index contributed by atoms with van der Waals surface area (Å²) >= 11 is 0. The minimum Gasteiger partial charge on any atom is -0.496 e. The lowest BCUT2D eigenvalue weighted by atomic mass is 10.1. The molecule has 8 heteroatoms. The standard InChI is InChI=1S/C19H21NO6.ClH/c1-23-15-8-6-5-7-13(15)19(22)20-11-14(21)12-9-16(24-2)18(26-4)17(10-12)25-3;/h5-10H,11H2,1-4H3,(H,20,22);1H. The van der Waals surface area contributed by atoms with Gasteiger partial charge in [0, 0.05) is 5.56 Å². The molecule has 27 heavy (non-hydrogen) atoms. The molecule has 0 saturated carbocycles. The average Bonchev–Trinajstić information content (AvgIpc) is 2.70. The number of rotatable bonds is 8. The van der Waals surface area contributed by atoms with Gasteiger partial charge in [0.05, 0.1) is 40.5 Å². The molecule has 0 radical (unpaired) electrons. The van der Waals surface area contributed by atoms with Crippen LogP contribution in [-0.4, -0.2) is 46.7 Å². The van der Waals surface area contributed by atoms with Gasteiger partial charge >= 0.3 is 0 Å². The molecule has 0 aliphatic heterocycles. The highest BCUT2D eigenvalue weighted by molar-refractivity contribution is 6.03. The van der Waals surface area contributed by atoms with E-state index in [9.17, 15) is 9.59 Å². The highest BCUT2D eigenvalue weighted by Crippen LogP contribution is 2.38. The molecule has 2 aromatic carbocycles. The number of carbonyl (C=O) groups is 2. The summed E-state index contributed by atoms with van der Waals surface area (Å²) < 4.78 is 20.8. The van der Waals surface area contributed by atoms with Gasteiger partial charge in [-0.25, -0.2) is 0 Å². The first kappa shape index (κ1) is 22.1. The molecule has 1 N–H and O–H groups in total. The van der Waals surface area contributed by atoms with Crippen LogP contribution in [0.4, 0.5) is 0 Å². The summed E-state index contributed by atoms with van der Waals surface area (Å²) in [6.45, 7) is -0.185. The molecule has 0 unspecified atom stereocenters. The fraction of sp³-hybridized carbons (Fsp3) is 0.263. The van der Waals surface area contributed by atoms with E-state index in [-0.39, 0.29) is 24.7 Å². The molecule has 7 nitrogen and oxygen atoms in total. The number of para-hydroxylation sites is 1. The van der Waals surface area contributed by atoms with E-state index in [1.54, 1.807) is 36.4 Å². The Morgan fingerprint density at radius 2 is 1.41 bits per heavy atom. The fourth-order valence-electron chi connectivity index (χ4n) is 2.43. The molecule has 0 aliphatic rings. The third-order valence-electron chi connectivity index (χ3n) is 3.75. The maximum Gasteiger partial charge on any atom is 0.255 e. The molecule has 0 bridgehead atoms. The van der Waals surface area contributed by atoms with Crippen molar-refractivity contribution in [1.82, 2.24) is 5.32 Å². The van der Waals surface area contributed by atoms with Crippen molar-refractivity contribution in [3.05, 3.63) is 47.5 Å². The van der Waals surface area contributed by atoms with Crippen LogP contribution in [0.5, 0.6) is 23.0 Å². The number of halogens is 1. The van der Waals surface area contributed by atoms with Crippen molar-refractivity contribution >= 4 is 24.1 Å². The first-order chi connectivity index (χ1) is 12.5. The van der Waals surface area contributed by atoms with Crippen LogP contribution in [0.15, 0.2) is 36.4 Å². The zero-order valence-corrected chi connectivity index (χ0v) is 16.3. The van der Waals surface area contributed by atoms with E-state index in [1.807, 2.05) is 0 Å². The summed E-state index contributed by atoms with van der Waals surface area (Å²) in [7, 11) is 5.90. The quantitative estimate of drug-likeness (QED) is 0.692. The maximum absolute atomic E-state index is 12.5. The van der Waals surface area contributed by atoms with Gasteiger partial charge < -0.3 is 24.3 Å². The molecule has 146 valence electrons. The summed E-state index contributed by atoms with van der Waals surface area (Å²) in [4.78, 5) is 24.8. The van der Waals surface area contributed by atoms with E-state index in [1.165, 1.54) is 28.4 Å². The van der Waals surface area contributed by atoms with Crippen molar-refractivity contribution in [2.45, 2.75) is 0 Å². The maximum atomic E-state index is 12.5. The molecule has 2 rings (SSSR count). The van der Waals surface area contributed by atoms with Gasteiger partial charge in [-0.3, -0.25) is 9.59 Å². The number of ketones is 1. The third-order valence-corrected chi connectivity index (χ3v) is 3.75. The van der Waals surface area contributed by atoms with E-state index in [0.29, 0.717) is 34.1 Å². The van der Waals surface area contributed by atoms with E-state index in [4.69, 9.17) is 18.9 Å². The summed E-state index contributed by atoms with van der Waals surface area (Å²) in [5.41, 5.74) is 0.688. The zero-order valence-electron chi connectivity index (χ0n) is 15.5. The highest BCUT2D eigenvalue weighted by atomic mass is 35.5. The van der Waals surface area contributed by atoms with E-state index >= 15 is 0 Å². The molecule has 0 fully saturated rings. The van der Waals surface area contributed by atoms with Crippen molar-refractivity contribution in [3.63, 3.8) is 0 Å². The Kier molecular flexibility index (Phi) is 8.41. The predicted octanol–water partition coefficient (Wildman–Crippen LogP) is 2.76. The number of Topliss-reactive ketones (excluding diaryl/α,β-unsaturated/α-hetero) is 1. The number of hydrogen-bond donors (Lipinski definition) is 1. The number of ether oxygens (including phenoxy) is 4. The topological polar surface area (TPSA) is 83.1 Å². The molecule has 0 saturated heterocycles. The van der Waals surface area contributed by atoms with Crippen molar-refractivity contribution in [2.24, 2.45) is 0 Å². The smallest absolute Gasteiger partial charge is 0.255 e. The number of amides is 1. The fourth-order valence-corrected chi connectivity index (χ4v) is 2.43. The zero-order chi connectivity index (χ0) is 19.1. The molecule has 2 aromatic rings. The number of carbonyl (C=O) groups excluding carboxylic acids is 2. The molecular weight excluding hydrogens is 374 g/mol. The molecule has 1 amide bonds. The lowest BCUT2D eigenvalue weighted by Gasteiger charge is -2.14. The SMILES string of the molecule is COc1ccccc1C(=O)NCC(=O)c1cc(OC)c(OC)c(OC)c1.Cl. The van der Waals surface area contributed by atoms with Crippen LogP contribution < -0.4 is 24.3 Å². The van der Waals surface area contributed by atoms with Crippen LogP contribution >= 0.6 is 12.4 Å². The molecule has 0 aliphatic carbocycles. The van der Waals surface area contributed by atoms with Gasteiger partial charge in [-0.05, 0) is 24.3 Å². The highest BCUT2D eigenvalue weighted by Gasteiger charge is 2.18. The Balaban J connectivity index is 0.00000364. The Hall–Kier alpha value is -2.93. The third kappa shape index (κ3) is 5.04. The van der Waals surface area contributed by atoms with Crippen molar-refractivity contribution < 1.29 is 28.5 Å². The molecule has 0 heterocycles. The molecular formula is C19H22ClNO6. The van der Waals surface area contributed by atoms with Crippen molar-refractivity contribution in [3.8, 4) is 23.0 Å². The number of benzene rings is 2. The molecule has 0 aromatic heterocycles. The van der Waals surface area contributed by atoms with E-state index < -0.39 is 5.91 Å². The van der Waals surface area contributed by atoms with Gasteiger partial charge in [0.15, 0.2) is 17.3 Å². The van der Waals surface area contributed by atoms with Crippen molar-refractivity contribution in [2.75, 3.05) is 35.0 Å². The van der Waals surface area contributed by atoms with Crippen LogP contribution in [-0.2, 0) is 0 Å². The largest absolute Gasteiger partial charge is 0.496 e. The van der Waals surface area contributed by atoms with Crippen LogP contribution in [0, 0.1) is 0 Å². The van der Waals surface area contributed by atoms with Crippen molar-refractivity contribution in [1.29, 1.82) is 0 Å². The first-order valence-corrected chi connectivity index (χ1v) is 7.80. The Bertz CT molecular complexity index is 784. The summed E-state index contributed by atoms with van der Waals surface area (Å²) in [5.74, 6) is 0.864. The minimum absolute atomic E-state index is 0. The monoisotopic (exact) mass is 395 g/mol. The number of nitrogens with one attached hydrogen (secondary N) is 1. The van der Waals surface area contributed by atoms with Crippen LogP contribution in [0.25, 0.3) is 0 Å². The summed E-state index contributed by atoms with van der Waals surface area (Å²) in [6.07, 6.45) is 0. The Labute approximate surface area is 164 Å². The Morgan fingerprint density at radius 3 is 1.93 bits per heavy atom. The predicted molar refractivity (Wildman–Crippen MR) is 103 cm³/mol. The lowest BCUT2D eigenvalue weighted by molar-refractivity contribution is 0.0901. The number of methoxy groups -OCH3 is 4. The van der Waals surface area contributed by atoms with Crippen LogP contribution in [0.3, 0.4) is 0 Å². The van der Waals surface area contributed by atoms with Gasteiger partial charge in [0.1, 0.15) is 5.75 Å². The van der Waals surface area contributed by atoms with Gasteiger partial charge in [-0.15, -0.1) is 12.4 Å². The number of hydrogen-bond acceptors (Lipinski definition) is 6. The molecule has 0 spiro atoms. The van der Waals surface area contributed by atoms with Gasteiger partial charge in [0.2, 0.25) is 5.75 Å². The van der Waals surface area contributed by atoms with Gasteiger partial charge in [0.25, 0.3) is 5.91 Å². The van der Waals surface area contributed by atoms with E-state index in [0.717, 1.165) is 0 Å². The second-order valence-electron chi connectivity index (χ2n) is 5.22.